The number of imidazole rings is 1. The van der Waals surface area contributed by atoms with Gasteiger partial charge < -0.3 is 18.9 Å². The average molecular weight is 471 g/mol. The lowest BCUT2D eigenvalue weighted by Gasteiger charge is -2.36. The van der Waals surface area contributed by atoms with E-state index in [9.17, 15) is 0 Å². The van der Waals surface area contributed by atoms with Gasteiger partial charge in [0.1, 0.15) is 13.2 Å². The van der Waals surface area contributed by atoms with E-state index in [1.807, 2.05) is 12.4 Å². The summed E-state index contributed by atoms with van der Waals surface area (Å²) in [6.45, 7) is 7.78. The largest absolute Gasteiger partial charge is 0.486 e. The van der Waals surface area contributed by atoms with Crippen molar-refractivity contribution >= 4 is 32.7 Å². The smallest absolute Gasteiger partial charge is 0.163 e. The van der Waals surface area contributed by atoms with Crippen LogP contribution in [0.15, 0.2) is 47.2 Å². The van der Waals surface area contributed by atoms with Crippen LogP contribution in [0.5, 0.6) is 11.5 Å². The Labute approximate surface area is 185 Å². The Morgan fingerprint density at radius 3 is 2.53 bits per heavy atom. The van der Waals surface area contributed by atoms with Crippen molar-refractivity contribution in [1.82, 2.24) is 14.5 Å². The second-order valence-corrected chi connectivity index (χ2v) is 8.85. The van der Waals surface area contributed by atoms with Gasteiger partial charge in [0, 0.05) is 49.0 Å². The fraction of sp³-hybridized carbons (Fsp3) is 0.435. The molecular weight excluding hydrogens is 444 g/mol. The van der Waals surface area contributed by atoms with Crippen molar-refractivity contribution in [2.75, 3.05) is 50.8 Å². The van der Waals surface area contributed by atoms with Crippen molar-refractivity contribution in [2.24, 2.45) is 0 Å². The van der Waals surface area contributed by atoms with Crippen molar-refractivity contribution in [1.29, 1.82) is 0 Å². The molecule has 0 amide bonds. The summed E-state index contributed by atoms with van der Waals surface area (Å²) in [5, 5.41) is 0. The maximum atomic E-state index is 5.73. The van der Waals surface area contributed by atoms with Crippen LogP contribution in [0.25, 0.3) is 11.0 Å². The lowest BCUT2D eigenvalue weighted by molar-refractivity contribution is 0.171. The molecule has 2 aromatic carbocycles. The molecule has 1 aromatic heterocycles. The van der Waals surface area contributed by atoms with Crippen LogP contribution in [-0.2, 0) is 6.54 Å². The lowest BCUT2D eigenvalue weighted by Crippen LogP contribution is -2.46. The Morgan fingerprint density at radius 2 is 1.67 bits per heavy atom. The molecule has 3 aromatic rings. The molecule has 2 aliphatic rings. The number of unbranched alkanes of at least 4 members (excludes halogenated alkanes) is 1. The minimum absolute atomic E-state index is 0.636. The van der Waals surface area contributed by atoms with Crippen LogP contribution in [0.2, 0.25) is 0 Å². The maximum Gasteiger partial charge on any atom is 0.163 e. The molecule has 0 atom stereocenters. The molecule has 3 heterocycles. The first-order valence-electron chi connectivity index (χ1n) is 10.7. The number of benzene rings is 2. The van der Waals surface area contributed by atoms with Gasteiger partial charge in [0.2, 0.25) is 0 Å². The molecule has 0 spiro atoms. The van der Waals surface area contributed by atoms with E-state index in [0.29, 0.717) is 13.2 Å². The van der Waals surface area contributed by atoms with Gasteiger partial charge in [-0.3, -0.25) is 4.90 Å². The number of hydrogen-bond acceptors (Lipinski definition) is 5. The second-order valence-electron chi connectivity index (χ2n) is 7.93. The third-order valence-corrected chi connectivity index (χ3v) is 6.46. The number of fused-ring (bicyclic) bond motifs is 2. The molecule has 6 nitrogen and oxygen atoms in total. The second kappa shape index (κ2) is 8.86. The molecule has 2 aliphatic heterocycles. The summed E-state index contributed by atoms with van der Waals surface area (Å²) < 4.78 is 14.7. The SMILES string of the molecule is Brc1ccc2c(c1)ncn2CCCCN1CCN(c2ccc3c(c2)OCCO3)CC1. The Morgan fingerprint density at radius 1 is 0.867 bits per heavy atom. The van der Waals surface area contributed by atoms with E-state index in [-0.39, 0.29) is 0 Å². The van der Waals surface area contributed by atoms with Crippen LogP contribution >= 0.6 is 15.9 Å². The van der Waals surface area contributed by atoms with Crippen LogP contribution in [0.4, 0.5) is 5.69 Å². The molecule has 0 aliphatic carbocycles. The van der Waals surface area contributed by atoms with Gasteiger partial charge in [-0.2, -0.15) is 0 Å². The van der Waals surface area contributed by atoms with Crippen molar-refractivity contribution < 1.29 is 9.47 Å². The molecule has 0 saturated carbocycles. The first-order chi connectivity index (χ1) is 14.8. The molecule has 0 unspecified atom stereocenters. The molecule has 158 valence electrons. The summed E-state index contributed by atoms with van der Waals surface area (Å²) >= 11 is 3.51. The summed E-state index contributed by atoms with van der Waals surface area (Å²) in [6.07, 6.45) is 4.34. The number of ether oxygens (including phenoxy) is 2. The Hall–Kier alpha value is -2.25. The molecule has 7 heteroatoms. The molecular formula is C23H27BrN4O2. The third-order valence-electron chi connectivity index (χ3n) is 5.97. The predicted molar refractivity (Wildman–Crippen MR) is 123 cm³/mol. The van der Waals surface area contributed by atoms with Gasteiger partial charge in [-0.05, 0) is 49.7 Å². The standard InChI is InChI=1S/C23H27BrN4O2/c24-18-3-5-21-20(15-18)25-17-28(21)8-2-1-7-26-9-11-27(12-10-26)19-4-6-22-23(16-19)30-14-13-29-22/h3-6,15-17H,1-2,7-14H2. The summed E-state index contributed by atoms with van der Waals surface area (Å²) in [5.41, 5.74) is 3.50. The summed E-state index contributed by atoms with van der Waals surface area (Å²) in [5.74, 6) is 1.74. The van der Waals surface area contributed by atoms with E-state index in [0.717, 1.165) is 60.8 Å². The molecule has 5 rings (SSSR count). The minimum atomic E-state index is 0.636. The van der Waals surface area contributed by atoms with E-state index >= 15 is 0 Å². The van der Waals surface area contributed by atoms with Crippen LogP contribution in [0, 0.1) is 0 Å². The molecule has 1 fully saturated rings. The lowest BCUT2D eigenvalue weighted by atomic mass is 10.2. The number of aromatic nitrogens is 2. The van der Waals surface area contributed by atoms with Gasteiger partial charge in [-0.15, -0.1) is 0 Å². The van der Waals surface area contributed by atoms with Crippen LogP contribution in [0.1, 0.15) is 12.8 Å². The van der Waals surface area contributed by atoms with Gasteiger partial charge >= 0.3 is 0 Å². The predicted octanol–water partition coefficient (Wildman–Crippen LogP) is 4.17. The summed E-state index contributed by atoms with van der Waals surface area (Å²) in [7, 11) is 0. The van der Waals surface area contributed by atoms with E-state index in [2.05, 4.69) is 65.6 Å². The average Bonchev–Trinajstić information content (AvgIpc) is 3.18. The number of halogens is 1. The Balaban J connectivity index is 1.07. The third kappa shape index (κ3) is 4.27. The van der Waals surface area contributed by atoms with Crippen LogP contribution in [0.3, 0.4) is 0 Å². The van der Waals surface area contributed by atoms with Gasteiger partial charge in [0.05, 0.1) is 17.4 Å². The van der Waals surface area contributed by atoms with Crippen molar-refractivity contribution in [3.05, 3.63) is 47.2 Å². The normalized spacial score (nSPS) is 16.9. The quantitative estimate of drug-likeness (QED) is 0.505. The molecule has 0 N–H and O–H groups in total. The van der Waals surface area contributed by atoms with E-state index in [1.54, 1.807) is 0 Å². The number of rotatable bonds is 6. The fourth-order valence-electron chi connectivity index (χ4n) is 4.29. The van der Waals surface area contributed by atoms with Crippen molar-refractivity contribution in [2.45, 2.75) is 19.4 Å². The monoisotopic (exact) mass is 470 g/mol. The number of nitrogens with zero attached hydrogens (tertiary/aromatic N) is 4. The highest BCUT2D eigenvalue weighted by molar-refractivity contribution is 9.10. The zero-order chi connectivity index (χ0) is 20.3. The number of aryl methyl sites for hydroxylation is 1. The minimum Gasteiger partial charge on any atom is -0.486 e. The van der Waals surface area contributed by atoms with Crippen molar-refractivity contribution in [3.63, 3.8) is 0 Å². The molecule has 0 radical (unpaired) electrons. The summed E-state index contributed by atoms with van der Waals surface area (Å²) in [4.78, 5) is 9.54. The molecule has 30 heavy (non-hydrogen) atoms. The topological polar surface area (TPSA) is 42.8 Å². The highest BCUT2D eigenvalue weighted by Gasteiger charge is 2.19. The first-order valence-corrected chi connectivity index (χ1v) is 11.5. The zero-order valence-electron chi connectivity index (χ0n) is 17.1. The summed E-state index contributed by atoms with van der Waals surface area (Å²) in [6, 6.07) is 12.6. The van der Waals surface area contributed by atoms with Crippen LogP contribution < -0.4 is 14.4 Å². The van der Waals surface area contributed by atoms with E-state index in [1.165, 1.54) is 24.0 Å². The molecule has 1 saturated heterocycles. The zero-order valence-corrected chi connectivity index (χ0v) is 18.7. The number of anilines is 1. The fourth-order valence-corrected chi connectivity index (χ4v) is 4.64. The number of piperazine rings is 1. The number of hydrogen-bond donors (Lipinski definition) is 0. The Kier molecular flexibility index (Phi) is 5.82. The molecule has 0 bridgehead atoms. The van der Waals surface area contributed by atoms with Gasteiger partial charge in [-0.25, -0.2) is 4.98 Å². The van der Waals surface area contributed by atoms with Crippen molar-refractivity contribution in [3.8, 4) is 11.5 Å². The van der Waals surface area contributed by atoms with E-state index in [4.69, 9.17) is 9.47 Å². The Bertz CT molecular complexity index is 1010. The first kappa shape index (κ1) is 19.7. The highest BCUT2D eigenvalue weighted by Crippen LogP contribution is 2.34. The highest BCUT2D eigenvalue weighted by atomic mass is 79.9. The van der Waals surface area contributed by atoms with E-state index < -0.39 is 0 Å². The van der Waals surface area contributed by atoms with Gasteiger partial charge in [-0.1, -0.05) is 15.9 Å². The van der Waals surface area contributed by atoms with Gasteiger partial charge in [0.15, 0.2) is 11.5 Å². The maximum absolute atomic E-state index is 5.73. The van der Waals surface area contributed by atoms with Crippen LogP contribution in [-0.4, -0.2) is 60.4 Å². The van der Waals surface area contributed by atoms with Gasteiger partial charge in [0.25, 0.3) is 0 Å².